The van der Waals surface area contributed by atoms with E-state index < -0.39 is 11.4 Å². The molecule has 1 aliphatic rings. The van der Waals surface area contributed by atoms with Crippen LogP contribution < -0.4 is 10.9 Å². The van der Waals surface area contributed by atoms with Crippen LogP contribution in [0.25, 0.3) is 10.9 Å². The van der Waals surface area contributed by atoms with Gasteiger partial charge in [0.05, 0.1) is 23.9 Å². The predicted molar refractivity (Wildman–Crippen MR) is 111 cm³/mol. The van der Waals surface area contributed by atoms with E-state index in [2.05, 4.69) is 16.5 Å². The van der Waals surface area contributed by atoms with Crippen LogP contribution in [-0.4, -0.2) is 39.5 Å². The fourth-order valence-corrected chi connectivity index (χ4v) is 4.01. The maximum Gasteiger partial charge on any atom is 0.286 e. The lowest BCUT2D eigenvalue weighted by molar-refractivity contribution is 0.0906. The maximum atomic E-state index is 14.0. The third kappa shape index (κ3) is 3.87. The van der Waals surface area contributed by atoms with Gasteiger partial charge in [0.15, 0.2) is 5.82 Å². The van der Waals surface area contributed by atoms with Crippen LogP contribution in [0.2, 0.25) is 0 Å². The average molecular weight is 412 g/mol. The normalized spacial score (nSPS) is 18.4. The van der Waals surface area contributed by atoms with Gasteiger partial charge in [-0.25, -0.2) is 4.39 Å². The summed E-state index contributed by atoms with van der Waals surface area (Å²) in [4.78, 5) is 24.5. The number of nitrogens with zero attached hydrogens (tertiary/aromatic N) is 3. The minimum absolute atomic E-state index is 0.0151. The van der Waals surface area contributed by atoms with Gasteiger partial charge in [0.1, 0.15) is 0 Å². The number of amides is 1. The summed E-state index contributed by atoms with van der Waals surface area (Å²) in [6, 6.07) is 7.19. The first-order valence-electron chi connectivity index (χ1n) is 10.2. The van der Waals surface area contributed by atoms with Crippen LogP contribution in [0.3, 0.4) is 0 Å². The maximum absolute atomic E-state index is 14.0. The summed E-state index contributed by atoms with van der Waals surface area (Å²) in [5.41, 5.74) is 1.72. The smallest absolute Gasteiger partial charge is 0.286 e. The molecule has 3 aromatic rings. The van der Waals surface area contributed by atoms with Crippen molar-refractivity contribution in [2.24, 2.45) is 7.05 Å². The number of benzene rings is 1. The first kappa shape index (κ1) is 20.3. The molecule has 7 nitrogen and oxygen atoms in total. The molecule has 0 aliphatic heterocycles. The van der Waals surface area contributed by atoms with E-state index in [1.54, 1.807) is 0 Å². The molecule has 1 fully saturated rings. The molecule has 4 rings (SSSR count). The van der Waals surface area contributed by atoms with Gasteiger partial charge in [0, 0.05) is 37.8 Å². The van der Waals surface area contributed by atoms with Crippen molar-refractivity contribution in [2.45, 2.75) is 38.3 Å². The number of hydrogen-bond donors (Lipinski definition) is 1. The second kappa shape index (κ2) is 8.39. The van der Waals surface area contributed by atoms with Crippen LogP contribution in [-0.2, 0) is 18.3 Å². The summed E-state index contributed by atoms with van der Waals surface area (Å²) in [5, 5.41) is 8.42. The molecule has 1 aliphatic carbocycles. The van der Waals surface area contributed by atoms with Crippen molar-refractivity contribution in [3.63, 3.8) is 0 Å². The highest BCUT2D eigenvalue weighted by Gasteiger charge is 2.33. The van der Waals surface area contributed by atoms with E-state index in [0.717, 1.165) is 29.8 Å². The number of nitrogens with one attached hydrogen (secondary N) is 1. The molecule has 158 valence electrons. The van der Waals surface area contributed by atoms with Gasteiger partial charge in [-0.15, -0.1) is 0 Å². The summed E-state index contributed by atoms with van der Waals surface area (Å²) < 4.78 is 22.3. The molecular weight excluding hydrogens is 387 g/mol. The van der Waals surface area contributed by atoms with Crippen LogP contribution in [0.15, 0.2) is 41.5 Å². The first-order chi connectivity index (χ1) is 14.5. The number of aromatic nitrogens is 3. The number of carbonyl (C=O) groups excluding carboxylic acids is 1. The number of ether oxygens (including phenoxy) is 1. The lowest BCUT2D eigenvalue weighted by Gasteiger charge is -2.36. The lowest BCUT2D eigenvalue weighted by atomic mass is 9.75. The van der Waals surface area contributed by atoms with Crippen molar-refractivity contribution in [1.29, 1.82) is 0 Å². The fourth-order valence-electron chi connectivity index (χ4n) is 4.01. The van der Waals surface area contributed by atoms with Gasteiger partial charge in [0.25, 0.3) is 11.5 Å². The molecule has 1 saturated carbocycles. The largest absolute Gasteiger partial charge is 0.380 e. The fraction of sp³-hybridized carbons (Fsp3) is 0.409. The lowest BCUT2D eigenvalue weighted by Crippen LogP contribution is -2.43. The number of carbonyl (C=O) groups is 1. The minimum Gasteiger partial charge on any atom is -0.380 e. The summed E-state index contributed by atoms with van der Waals surface area (Å²) in [5.74, 6) is -0.962. The molecule has 1 N–H and O–H groups in total. The minimum atomic E-state index is -0.936. The van der Waals surface area contributed by atoms with Crippen molar-refractivity contribution in [3.05, 3.63) is 64.0 Å². The molecule has 2 aromatic heterocycles. The van der Waals surface area contributed by atoms with Crippen molar-refractivity contribution >= 4 is 16.8 Å². The van der Waals surface area contributed by atoms with Crippen LogP contribution >= 0.6 is 0 Å². The first-order valence-corrected chi connectivity index (χ1v) is 10.2. The van der Waals surface area contributed by atoms with E-state index in [0.29, 0.717) is 12.5 Å². The summed E-state index contributed by atoms with van der Waals surface area (Å²) in [6.07, 6.45) is 4.90. The van der Waals surface area contributed by atoms with Gasteiger partial charge in [-0.05, 0) is 43.4 Å². The Kier molecular flexibility index (Phi) is 5.67. The molecule has 8 heteroatoms. The van der Waals surface area contributed by atoms with Crippen molar-refractivity contribution in [3.8, 4) is 0 Å². The molecule has 1 amide bonds. The predicted octanol–water partition coefficient (Wildman–Crippen LogP) is 2.59. The molecule has 0 bridgehead atoms. The van der Waals surface area contributed by atoms with E-state index in [1.807, 2.05) is 37.0 Å². The van der Waals surface area contributed by atoms with Crippen molar-refractivity contribution in [1.82, 2.24) is 19.7 Å². The van der Waals surface area contributed by atoms with E-state index >= 15 is 0 Å². The molecular formula is C22H25FN4O3. The Morgan fingerprint density at radius 1 is 1.37 bits per heavy atom. The van der Waals surface area contributed by atoms with Gasteiger partial charge in [-0.2, -0.15) is 5.10 Å². The number of hydrogen-bond acceptors (Lipinski definition) is 4. The molecule has 0 atom stereocenters. The average Bonchev–Trinajstić information content (AvgIpc) is 3.09. The van der Waals surface area contributed by atoms with Gasteiger partial charge < -0.3 is 14.6 Å². The summed E-state index contributed by atoms with van der Waals surface area (Å²) in [7, 11) is 1.92. The summed E-state index contributed by atoms with van der Waals surface area (Å²) in [6.45, 7) is 2.83. The zero-order chi connectivity index (χ0) is 21.3. The Hall–Kier alpha value is -3.00. The van der Waals surface area contributed by atoms with E-state index in [1.165, 1.54) is 16.3 Å². The molecule has 30 heavy (non-hydrogen) atoms. The third-order valence-corrected chi connectivity index (χ3v) is 5.72. The van der Waals surface area contributed by atoms with Crippen molar-refractivity contribution < 1.29 is 13.9 Å². The zero-order valence-corrected chi connectivity index (χ0v) is 17.1. The third-order valence-electron chi connectivity index (χ3n) is 5.72. The van der Waals surface area contributed by atoms with Gasteiger partial charge in [-0.3, -0.25) is 14.3 Å². The number of halogens is 1. The van der Waals surface area contributed by atoms with Crippen LogP contribution in [0.4, 0.5) is 4.39 Å². The van der Waals surface area contributed by atoms with E-state index in [4.69, 9.17) is 4.74 Å². The monoisotopic (exact) mass is 412 g/mol. The molecule has 0 unspecified atom stereocenters. The topological polar surface area (TPSA) is 78.2 Å². The SMILES string of the molecule is CCOCCn1cc(C(=O)NC2CC(c3cccc4c3cnn4C)C2)cc(F)c1=O. The highest BCUT2D eigenvalue weighted by atomic mass is 19.1. The summed E-state index contributed by atoms with van der Waals surface area (Å²) >= 11 is 0. The van der Waals surface area contributed by atoms with Gasteiger partial charge in [0.2, 0.25) is 0 Å². The molecule has 0 radical (unpaired) electrons. The van der Waals surface area contributed by atoms with Crippen molar-refractivity contribution in [2.75, 3.05) is 13.2 Å². The number of fused-ring (bicyclic) bond motifs is 1. The number of rotatable bonds is 7. The number of aryl methyl sites for hydroxylation is 1. The Labute approximate surface area is 173 Å². The molecule has 1 aromatic carbocycles. The Morgan fingerprint density at radius 3 is 2.93 bits per heavy atom. The highest BCUT2D eigenvalue weighted by molar-refractivity contribution is 5.94. The molecule has 0 spiro atoms. The van der Waals surface area contributed by atoms with E-state index in [-0.39, 0.29) is 30.7 Å². The quantitative estimate of drug-likeness (QED) is 0.605. The highest BCUT2D eigenvalue weighted by Crippen LogP contribution is 2.40. The van der Waals surface area contributed by atoms with E-state index in [9.17, 15) is 14.0 Å². The Balaban J connectivity index is 1.41. The van der Waals surface area contributed by atoms with Gasteiger partial charge >= 0.3 is 0 Å². The molecule has 2 heterocycles. The second-order valence-electron chi connectivity index (χ2n) is 7.66. The Bertz CT molecular complexity index is 1130. The van der Waals surface area contributed by atoms with Crippen LogP contribution in [0, 0.1) is 5.82 Å². The van der Waals surface area contributed by atoms with Gasteiger partial charge in [-0.1, -0.05) is 12.1 Å². The Morgan fingerprint density at radius 2 is 2.17 bits per heavy atom. The van der Waals surface area contributed by atoms with Crippen LogP contribution in [0.5, 0.6) is 0 Å². The standard InChI is InChI=1S/C22H25FN4O3/c1-3-30-8-7-27-13-15(11-19(23)22(27)29)21(28)25-16-9-14(10-16)17-5-4-6-20-18(17)12-24-26(20)2/h4-6,11-14,16H,3,7-10H2,1-2H3,(H,25,28). The molecule has 0 saturated heterocycles. The number of pyridine rings is 1. The van der Waals surface area contributed by atoms with Crippen LogP contribution in [0.1, 0.15) is 41.6 Å². The second-order valence-corrected chi connectivity index (χ2v) is 7.66. The zero-order valence-electron chi connectivity index (χ0n) is 17.1.